The van der Waals surface area contributed by atoms with E-state index in [1.165, 1.54) is 45.6 Å². The van der Waals surface area contributed by atoms with E-state index in [4.69, 9.17) is 5.11 Å². The molecule has 1 aliphatic carbocycles. The van der Waals surface area contributed by atoms with E-state index in [2.05, 4.69) is 4.74 Å². The van der Waals surface area contributed by atoms with Crippen LogP contribution in [0.15, 0.2) is 18.2 Å². The number of carbonyl (C=O) groups is 1. The van der Waals surface area contributed by atoms with Crippen molar-refractivity contribution in [1.82, 2.24) is 0 Å². The summed E-state index contributed by atoms with van der Waals surface area (Å²) >= 11 is 0. The largest absolute Gasteiger partial charge is 0.465 e. The maximum absolute atomic E-state index is 11.3. The SMILES string of the molecule is C1CCCCC1.COC(=O)c1c(C)cccc1CO. The third kappa shape index (κ3) is 5.03. The number of carbonyl (C=O) groups excluding carboxylic acids is 1. The molecule has 0 amide bonds. The molecule has 0 spiro atoms. The van der Waals surface area contributed by atoms with Crippen LogP contribution in [0.2, 0.25) is 0 Å². The first-order valence-corrected chi connectivity index (χ1v) is 6.98. The van der Waals surface area contributed by atoms with Crippen LogP contribution in [0.3, 0.4) is 0 Å². The quantitative estimate of drug-likeness (QED) is 0.830. The lowest BCUT2D eigenvalue weighted by Crippen LogP contribution is -2.07. The summed E-state index contributed by atoms with van der Waals surface area (Å²) in [5.41, 5.74) is 1.89. The second-order valence-corrected chi connectivity index (χ2v) is 4.88. The molecule has 1 saturated carbocycles. The molecule has 0 unspecified atom stereocenters. The lowest BCUT2D eigenvalue weighted by Gasteiger charge is -2.07. The molecule has 0 aromatic heterocycles. The van der Waals surface area contributed by atoms with Crippen LogP contribution >= 0.6 is 0 Å². The number of hydrogen-bond acceptors (Lipinski definition) is 3. The van der Waals surface area contributed by atoms with Crippen molar-refractivity contribution in [3.05, 3.63) is 34.9 Å². The third-order valence-corrected chi connectivity index (χ3v) is 3.42. The minimum Gasteiger partial charge on any atom is -0.465 e. The Kier molecular flexibility index (Phi) is 7.19. The first-order valence-electron chi connectivity index (χ1n) is 6.98. The Labute approximate surface area is 115 Å². The highest BCUT2D eigenvalue weighted by Gasteiger charge is 2.13. The van der Waals surface area contributed by atoms with Gasteiger partial charge in [0, 0.05) is 0 Å². The number of ether oxygens (including phenoxy) is 1. The van der Waals surface area contributed by atoms with E-state index < -0.39 is 5.97 Å². The predicted octanol–water partition coefficient (Wildman–Crippen LogP) is 3.61. The molecule has 2 rings (SSSR count). The van der Waals surface area contributed by atoms with E-state index in [0.717, 1.165) is 5.56 Å². The van der Waals surface area contributed by atoms with E-state index in [-0.39, 0.29) is 6.61 Å². The molecule has 0 atom stereocenters. The van der Waals surface area contributed by atoms with Gasteiger partial charge in [-0.15, -0.1) is 0 Å². The molecule has 19 heavy (non-hydrogen) atoms. The molecule has 0 radical (unpaired) electrons. The fourth-order valence-corrected chi connectivity index (χ4v) is 2.32. The van der Waals surface area contributed by atoms with Crippen molar-refractivity contribution >= 4 is 5.97 Å². The zero-order chi connectivity index (χ0) is 14.1. The third-order valence-electron chi connectivity index (χ3n) is 3.42. The van der Waals surface area contributed by atoms with Gasteiger partial charge in [-0.2, -0.15) is 0 Å². The summed E-state index contributed by atoms with van der Waals surface area (Å²) in [7, 11) is 1.33. The Hall–Kier alpha value is -1.35. The number of methoxy groups -OCH3 is 1. The van der Waals surface area contributed by atoms with Crippen LogP contribution < -0.4 is 0 Å². The molecule has 0 saturated heterocycles. The summed E-state index contributed by atoms with van der Waals surface area (Å²) in [5.74, 6) is -0.401. The van der Waals surface area contributed by atoms with Crippen molar-refractivity contribution in [2.45, 2.75) is 52.1 Å². The summed E-state index contributed by atoms with van der Waals surface area (Å²) in [6.45, 7) is 1.66. The molecule has 0 aliphatic heterocycles. The zero-order valence-corrected chi connectivity index (χ0v) is 11.9. The van der Waals surface area contributed by atoms with Gasteiger partial charge in [0.1, 0.15) is 0 Å². The van der Waals surface area contributed by atoms with Crippen molar-refractivity contribution in [2.75, 3.05) is 7.11 Å². The van der Waals surface area contributed by atoms with E-state index in [1.807, 2.05) is 13.0 Å². The van der Waals surface area contributed by atoms with E-state index in [0.29, 0.717) is 11.1 Å². The highest BCUT2D eigenvalue weighted by atomic mass is 16.5. The topological polar surface area (TPSA) is 46.5 Å². The van der Waals surface area contributed by atoms with E-state index in [1.54, 1.807) is 12.1 Å². The summed E-state index contributed by atoms with van der Waals surface area (Å²) in [4.78, 5) is 11.3. The first-order chi connectivity index (χ1) is 9.20. The lowest BCUT2D eigenvalue weighted by atomic mass is 10.0. The van der Waals surface area contributed by atoms with E-state index >= 15 is 0 Å². The van der Waals surface area contributed by atoms with Gasteiger partial charge in [-0.3, -0.25) is 0 Å². The fraction of sp³-hybridized carbons (Fsp3) is 0.562. The molecule has 3 heteroatoms. The van der Waals surface area contributed by atoms with Gasteiger partial charge in [-0.05, 0) is 18.1 Å². The Balaban J connectivity index is 0.000000250. The second kappa shape index (κ2) is 8.70. The number of aliphatic hydroxyl groups is 1. The standard InChI is InChI=1S/C10H12O3.C6H12/c1-7-4-3-5-8(6-11)9(7)10(12)13-2;1-2-4-6-5-3-1/h3-5,11H,6H2,1-2H3;1-6H2. The van der Waals surface area contributed by atoms with Gasteiger partial charge in [0.05, 0.1) is 19.3 Å². The van der Waals surface area contributed by atoms with Crippen LogP contribution in [0, 0.1) is 6.92 Å². The average molecular weight is 264 g/mol. The second-order valence-electron chi connectivity index (χ2n) is 4.88. The number of benzene rings is 1. The summed E-state index contributed by atoms with van der Waals surface area (Å²) in [6, 6.07) is 5.32. The lowest BCUT2D eigenvalue weighted by molar-refractivity contribution is 0.0596. The first kappa shape index (κ1) is 15.7. The smallest absolute Gasteiger partial charge is 0.338 e. The maximum atomic E-state index is 11.3. The predicted molar refractivity (Wildman–Crippen MR) is 76.1 cm³/mol. The van der Waals surface area contributed by atoms with Crippen LogP contribution in [-0.4, -0.2) is 18.2 Å². The van der Waals surface area contributed by atoms with Gasteiger partial charge >= 0.3 is 5.97 Å². The minimum atomic E-state index is -0.401. The fourth-order valence-electron chi connectivity index (χ4n) is 2.32. The van der Waals surface area contributed by atoms with Crippen molar-refractivity contribution in [1.29, 1.82) is 0 Å². The van der Waals surface area contributed by atoms with Crippen molar-refractivity contribution in [2.24, 2.45) is 0 Å². The molecule has 1 fully saturated rings. The monoisotopic (exact) mass is 264 g/mol. The number of hydrogen-bond donors (Lipinski definition) is 1. The molecule has 1 aromatic carbocycles. The van der Waals surface area contributed by atoms with Gasteiger partial charge in [0.25, 0.3) is 0 Å². The Morgan fingerprint density at radius 2 is 1.68 bits per heavy atom. The highest BCUT2D eigenvalue weighted by Crippen LogP contribution is 2.15. The molecule has 3 nitrogen and oxygen atoms in total. The molecule has 1 aliphatic rings. The zero-order valence-electron chi connectivity index (χ0n) is 11.9. The van der Waals surface area contributed by atoms with Crippen LogP contribution in [0.25, 0.3) is 0 Å². The van der Waals surface area contributed by atoms with Gasteiger partial charge in [0.2, 0.25) is 0 Å². The molecule has 106 valence electrons. The molecular weight excluding hydrogens is 240 g/mol. The summed E-state index contributed by atoms with van der Waals surface area (Å²) < 4.78 is 4.61. The maximum Gasteiger partial charge on any atom is 0.338 e. The van der Waals surface area contributed by atoms with E-state index in [9.17, 15) is 4.79 Å². The van der Waals surface area contributed by atoms with Crippen LogP contribution in [0.1, 0.15) is 60.0 Å². The Morgan fingerprint density at radius 3 is 2.11 bits per heavy atom. The number of esters is 1. The van der Waals surface area contributed by atoms with Crippen LogP contribution in [0.4, 0.5) is 0 Å². The minimum absolute atomic E-state index is 0.147. The van der Waals surface area contributed by atoms with Crippen LogP contribution in [-0.2, 0) is 11.3 Å². The molecule has 0 heterocycles. The number of aliphatic hydroxyl groups excluding tert-OH is 1. The highest BCUT2D eigenvalue weighted by molar-refractivity contribution is 5.92. The Morgan fingerprint density at radius 1 is 1.16 bits per heavy atom. The average Bonchev–Trinajstić information content (AvgIpc) is 2.48. The van der Waals surface area contributed by atoms with Gasteiger partial charge < -0.3 is 9.84 Å². The van der Waals surface area contributed by atoms with Gasteiger partial charge in [0.15, 0.2) is 0 Å². The molecule has 1 aromatic rings. The van der Waals surface area contributed by atoms with Crippen molar-refractivity contribution in [3.8, 4) is 0 Å². The van der Waals surface area contributed by atoms with Gasteiger partial charge in [-0.1, -0.05) is 56.7 Å². The Bertz CT molecular complexity index is 383. The molecule has 1 N–H and O–H groups in total. The van der Waals surface area contributed by atoms with Crippen LogP contribution in [0.5, 0.6) is 0 Å². The normalized spacial score (nSPS) is 14.3. The summed E-state index contributed by atoms with van der Waals surface area (Å²) in [6.07, 6.45) is 9.00. The van der Waals surface area contributed by atoms with Crippen molar-refractivity contribution in [3.63, 3.8) is 0 Å². The molecular formula is C16H24O3. The number of aryl methyl sites for hydroxylation is 1. The number of rotatable bonds is 2. The molecule has 0 bridgehead atoms. The summed E-state index contributed by atoms with van der Waals surface area (Å²) in [5, 5.41) is 8.98. The van der Waals surface area contributed by atoms with Crippen molar-refractivity contribution < 1.29 is 14.6 Å². The van der Waals surface area contributed by atoms with Gasteiger partial charge in [-0.25, -0.2) is 4.79 Å².